The van der Waals surface area contributed by atoms with Gasteiger partial charge in [-0.1, -0.05) is 23.7 Å². The van der Waals surface area contributed by atoms with Crippen LogP contribution >= 0.6 is 23.2 Å². The Hall–Kier alpha value is -0.450. The maximum Gasteiger partial charge on any atom is 0.411 e. The zero-order valence-corrected chi connectivity index (χ0v) is 11.7. The van der Waals surface area contributed by atoms with E-state index in [2.05, 4.69) is 4.74 Å². The van der Waals surface area contributed by atoms with Gasteiger partial charge in [-0.2, -0.15) is 13.2 Å². The molecule has 19 heavy (non-hydrogen) atoms. The molecule has 6 heteroatoms. The van der Waals surface area contributed by atoms with Gasteiger partial charge in [0.2, 0.25) is 0 Å². The van der Waals surface area contributed by atoms with Gasteiger partial charge in [-0.25, -0.2) is 0 Å². The third-order valence-electron chi connectivity index (χ3n) is 2.59. The Bertz CT molecular complexity index is 365. The van der Waals surface area contributed by atoms with Crippen LogP contribution in [0.4, 0.5) is 13.2 Å². The zero-order chi connectivity index (χ0) is 14.3. The third-order valence-corrected chi connectivity index (χ3v) is 3.28. The Labute approximate surface area is 120 Å². The molecular weight excluding hydrogens is 300 g/mol. The summed E-state index contributed by atoms with van der Waals surface area (Å²) in [4.78, 5) is 0. The fourth-order valence-electron chi connectivity index (χ4n) is 1.63. The number of benzene rings is 1. The molecule has 0 aliphatic rings. The van der Waals surface area contributed by atoms with Gasteiger partial charge in [0.25, 0.3) is 0 Å². The molecular formula is C13H15Cl2F3O. The Balaban J connectivity index is 2.31. The van der Waals surface area contributed by atoms with E-state index in [1.807, 2.05) is 12.1 Å². The minimum absolute atomic E-state index is 0.0600. The molecule has 0 heterocycles. The van der Waals surface area contributed by atoms with Crippen LogP contribution in [-0.2, 0) is 11.2 Å². The monoisotopic (exact) mass is 314 g/mol. The quantitative estimate of drug-likeness (QED) is 0.523. The minimum atomic E-state index is -4.27. The van der Waals surface area contributed by atoms with E-state index in [1.165, 1.54) is 0 Å². The van der Waals surface area contributed by atoms with Crippen molar-refractivity contribution in [1.82, 2.24) is 0 Å². The number of rotatable bonds is 7. The van der Waals surface area contributed by atoms with E-state index in [0.717, 1.165) is 5.56 Å². The minimum Gasteiger partial charge on any atom is -0.372 e. The van der Waals surface area contributed by atoms with E-state index >= 15 is 0 Å². The average Bonchev–Trinajstić information content (AvgIpc) is 2.34. The molecule has 1 atom stereocenters. The highest BCUT2D eigenvalue weighted by atomic mass is 35.5. The first-order valence-electron chi connectivity index (χ1n) is 5.85. The summed E-state index contributed by atoms with van der Waals surface area (Å²) < 4.78 is 40.2. The second-order valence-corrected chi connectivity index (χ2v) is 5.05. The predicted molar refractivity (Wildman–Crippen MR) is 70.9 cm³/mol. The van der Waals surface area contributed by atoms with Crippen LogP contribution in [0.2, 0.25) is 5.02 Å². The number of halogens is 5. The molecule has 0 amide bonds. The largest absolute Gasteiger partial charge is 0.411 e. The molecule has 0 aliphatic carbocycles. The van der Waals surface area contributed by atoms with Gasteiger partial charge in [0.1, 0.15) is 6.61 Å². The summed E-state index contributed by atoms with van der Waals surface area (Å²) in [6.45, 7) is -1.15. The molecule has 1 aromatic carbocycles. The molecule has 0 radical (unpaired) electrons. The summed E-state index contributed by atoms with van der Waals surface area (Å²) in [5.74, 6) is 0.480. The molecule has 0 saturated heterocycles. The van der Waals surface area contributed by atoms with Gasteiger partial charge in [-0.3, -0.25) is 0 Å². The Kier molecular flexibility index (Phi) is 6.97. The van der Waals surface area contributed by atoms with Crippen LogP contribution in [0.1, 0.15) is 12.0 Å². The van der Waals surface area contributed by atoms with Crippen molar-refractivity contribution in [3.8, 4) is 0 Å². The highest BCUT2D eigenvalue weighted by Gasteiger charge is 2.27. The molecule has 0 aromatic heterocycles. The van der Waals surface area contributed by atoms with Crippen molar-refractivity contribution in [2.75, 3.05) is 19.1 Å². The van der Waals surface area contributed by atoms with Crippen LogP contribution in [0.15, 0.2) is 24.3 Å². The van der Waals surface area contributed by atoms with E-state index in [4.69, 9.17) is 23.2 Å². The van der Waals surface area contributed by atoms with Gasteiger partial charge < -0.3 is 4.74 Å². The molecule has 0 N–H and O–H groups in total. The molecule has 0 saturated carbocycles. The van der Waals surface area contributed by atoms with Gasteiger partial charge in [0.15, 0.2) is 0 Å². The normalized spacial score (nSPS) is 13.5. The van der Waals surface area contributed by atoms with E-state index in [0.29, 0.717) is 23.7 Å². The first-order chi connectivity index (χ1) is 8.90. The lowest BCUT2D eigenvalue weighted by atomic mass is 9.98. The Morgan fingerprint density at radius 1 is 1.16 bits per heavy atom. The van der Waals surface area contributed by atoms with Crippen LogP contribution in [0.25, 0.3) is 0 Å². The average molecular weight is 315 g/mol. The first-order valence-corrected chi connectivity index (χ1v) is 6.77. The van der Waals surface area contributed by atoms with Crippen molar-refractivity contribution >= 4 is 23.2 Å². The smallest absolute Gasteiger partial charge is 0.372 e. The number of ether oxygens (including phenoxy) is 1. The number of alkyl halides is 4. The van der Waals surface area contributed by atoms with E-state index in [9.17, 15) is 13.2 Å². The Morgan fingerprint density at radius 3 is 2.32 bits per heavy atom. The van der Waals surface area contributed by atoms with Crippen molar-refractivity contribution in [1.29, 1.82) is 0 Å². The standard InChI is InChI=1S/C13H15Cl2F3O/c14-8-11(5-6-19-9-13(16,17)18)7-10-1-3-12(15)4-2-10/h1-4,11H,5-9H2. The van der Waals surface area contributed by atoms with Crippen molar-refractivity contribution in [2.45, 2.75) is 19.0 Å². The van der Waals surface area contributed by atoms with Crippen molar-refractivity contribution in [3.05, 3.63) is 34.9 Å². The molecule has 1 nitrogen and oxygen atoms in total. The fourth-order valence-corrected chi connectivity index (χ4v) is 2.01. The number of hydrogen-bond acceptors (Lipinski definition) is 1. The molecule has 1 aromatic rings. The zero-order valence-electron chi connectivity index (χ0n) is 10.2. The van der Waals surface area contributed by atoms with Gasteiger partial charge >= 0.3 is 6.18 Å². The van der Waals surface area contributed by atoms with Gasteiger partial charge in [0, 0.05) is 17.5 Å². The maximum atomic E-state index is 11.9. The van der Waals surface area contributed by atoms with Crippen molar-refractivity contribution in [2.24, 2.45) is 5.92 Å². The van der Waals surface area contributed by atoms with E-state index < -0.39 is 12.8 Å². The first kappa shape index (κ1) is 16.6. The molecule has 0 bridgehead atoms. The summed E-state index contributed by atoms with van der Waals surface area (Å²) in [5.41, 5.74) is 1.06. The maximum absolute atomic E-state index is 11.9. The summed E-state index contributed by atoms with van der Waals surface area (Å²) in [6.07, 6.45) is -3.06. The van der Waals surface area contributed by atoms with Crippen molar-refractivity contribution in [3.63, 3.8) is 0 Å². The highest BCUT2D eigenvalue weighted by molar-refractivity contribution is 6.30. The molecule has 1 unspecified atom stereocenters. The number of hydrogen-bond donors (Lipinski definition) is 0. The lowest BCUT2D eigenvalue weighted by molar-refractivity contribution is -0.174. The van der Waals surface area contributed by atoms with Crippen LogP contribution in [0, 0.1) is 5.92 Å². The second-order valence-electron chi connectivity index (χ2n) is 4.31. The molecule has 0 aliphatic heterocycles. The van der Waals surface area contributed by atoms with Crippen LogP contribution < -0.4 is 0 Å². The van der Waals surface area contributed by atoms with E-state index in [-0.39, 0.29) is 12.5 Å². The summed E-state index contributed by atoms with van der Waals surface area (Å²) >= 11 is 11.6. The molecule has 0 fully saturated rings. The van der Waals surface area contributed by atoms with Gasteiger partial charge in [-0.05, 0) is 36.5 Å². The third kappa shape index (κ3) is 7.65. The van der Waals surface area contributed by atoms with Crippen LogP contribution in [-0.4, -0.2) is 25.3 Å². The molecule has 1 rings (SSSR count). The van der Waals surface area contributed by atoms with Gasteiger partial charge in [-0.15, -0.1) is 11.6 Å². The van der Waals surface area contributed by atoms with Gasteiger partial charge in [0.05, 0.1) is 0 Å². The lowest BCUT2D eigenvalue weighted by Crippen LogP contribution is -2.19. The van der Waals surface area contributed by atoms with Crippen LogP contribution in [0.5, 0.6) is 0 Å². The summed E-state index contributed by atoms with van der Waals surface area (Å²) in [7, 11) is 0. The predicted octanol–water partition coefficient (Wildman–Crippen LogP) is 4.71. The van der Waals surface area contributed by atoms with Crippen molar-refractivity contribution < 1.29 is 17.9 Å². The molecule has 108 valence electrons. The highest BCUT2D eigenvalue weighted by Crippen LogP contribution is 2.18. The Morgan fingerprint density at radius 2 is 1.79 bits per heavy atom. The SMILES string of the molecule is FC(F)(F)COCCC(CCl)Cc1ccc(Cl)cc1. The molecule has 0 spiro atoms. The fraction of sp³-hybridized carbons (Fsp3) is 0.538. The topological polar surface area (TPSA) is 9.23 Å². The summed E-state index contributed by atoms with van der Waals surface area (Å²) in [6, 6.07) is 7.33. The summed E-state index contributed by atoms with van der Waals surface area (Å²) in [5, 5.41) is 0.652. The van der Waals surface area contributed by atoms with Crippen LogP contribution in [0.3, 0.4) is 0 Å². The lowest BCUT2D eigenvalue weighted by Gasteiger charge is -2.14. The second kappa shape index (κ2) is 7.98. The van der Waals surface area contributed by atoms with E-state index in [1.54, 1.807) is 12.1 Å².